The van der Waals surface area contributed by atoms with E-state index in [1.54, 1.807) is 7.11 Å². The van der Waals surface area contributed by atoms with E-state index in [9.17, 15) is 0 Å². The fourth-order valence-corrected chi connectivity index (χ4v) is 2.48. The lowest BCUT2D eigenvalue weighted by Gasteiger charge is -2.20. The molecule has 4 heteroatoms. The summed E-state index contributed by atoms with van der Waals surface area (Å²) >= 11 is 5.41. The van der Waals surface area contributed by atoms with Crippen LogP contribution in [-0.4, -0.2) is 12.2 Å². The number of hydrogen-bond acceptors (Lipinski definition) is 2. The molecule has 0 bridgehead atoms. The predicted octanol–water partition coefficient (Wildman–Crippen LogP) is 4.44. The molecule has 2 rings (SSSR count). The Bertz CT molecular complexity index is 608. The van der Waals surface area contributed by atoms with Gasteiger partial charge in [0.1, 0.15) is 5.75 Å². The van der Waals surface area contributed by atoms with Gasteiger partial charge < -0.3 is 15.4 Å². The molecule has 0 heterocycles. The number of aryl methyl sites for hydroxylation is 1. The van der Waals surface area contributed by atoms with Gasteiger partial charge >= 0.3 is 0 Å². The molecule has 0 amide bonds. The second kappa shape index (κ2) is 7.80. The number of anilines is 1. The van der Waals surface area contributed by atoms with Gasteiger partial charge in [-0.3, -0.25) is 0 Å². The lowest BCUT2D eigenvalue weighted by Crippen LogP contribution is -2.32. The maximum absolute atomic E-state index is 5.41. The van der Waals surface area contributed by atoms with Gasteiger partial charge in [0, 0.05) is 5.69 Å². The summed E-state index contributed by atoms with van der Waals surface area (Å²) in [6.45, 7) is 4.20. The van der Waals surface area contributed by atoms with Gasteiger partial charge in [-0.15, -0.1) is 0 Å². The normalized spacial score (nSPS) is 11.6. The van der Waals surface area contributed by atoms with Crippen LogP contribution in [0.4, 0.5) is 5.69 Å². The smallest absolute Gasteiger partial charge is 0.171 e. The first kappa shape index (κ1) is 16.3. The molecule has 2 aromatic rings. The van der Waals surface area contributed by atoms with Gasteiger partial charge in [-0.1, -0.05) is 36.8 Å². The van der Waals surface area contributed by atoms with E-state index < -0.39 is 0 Å². The average Bonchev–Trinajstić information content (AvgIpc) is 2.55. The minimum absolute atomic E-state index is 0.177. The van der Waals surface area contributed by atoms with Crippen LogP contribution in [0.1, 0.15) is 30.5 Å². The molecule has 0 aromatic heterocycles. The van der Waals surface area contributed by atoms with Crippen molar-refractivity contribution in [2.24, 2.45) is 0 Å². The second-order valence-electron chi connectivity index (χ2n) is 5.20. The van der Waals surface area contributed by atoms with Crippen molar-refractivity contribution in [3.63, 3.8) is 0 Å². The third kappa shape index (κ3) is 4.46. The first-order chi connectivity index (χ1) is 10.6. The molecule has 116 valence electrons. The molecule has 0 unspecified atom stereocenters. The maximum Gasteiger partial charge on any atom is 0.171 e. The summed E-state index contributed by atoms with van der Waals surface area (Å²) in [6, 6.07) is 16.4. The molecule has 22 heavy (non-hydrogen) atoms. The standard InChI is InChI=1S/C18H22N2OS/c1-4-17(14-7-11-16(21-3)12-8-14)20-18(22)19-15-9-5-13(2)6-10-15/h5-12,17H,4H2,1-3H3,(H2,19,20,22)/t17-/m0/s1. The number of benzene rings is 2. The molecular formula is C18H22N2OS. The van der Waals surface area contributed by atoms with Crippen molar-refractivity contribution < 1.29 is 4.74 Å². The van der Waals surface area contributed by atoms with Crippen molar-refractivity contribution in [2.45, 2.75) is 26.3 Å². The van der Waals surface area contributed by atoms with Crippen LogP contribution in [0.25, 0.3) is 0 Å². The van der Waals surface area contributed by atoms with Crippen LogP contribution in [0.2, 0.25) is 0 Å². The summed E-state index contributed by atoms with van der Waals surface area (Å²) in [6.07, 6.45) is 0.946. The molecule has 0 fully saturated rings. The lowest BCUT2D eigenvalue weighted by molar-refractivity contribution is 0.414. The zero-order valence-electron chi connectivity index (χ0n) is 13.2. The summed E-state index contributed by atoms with van der Waals surface area (Å²) in [5.41, 5.74) is 3.41. The lowest BCUT2D eigenvalue weighted by atomic mass is 10.0. The highest BCUT2D eigenvalue weighted by Crippen LogP contribution is 2.20. The molecule has 2 N–H and O–H groups in total. The Balaban J connectivity index is 1.99. The number of thiocarbonyl (C=S) groups is 1. The SMILES string of the molecule is CC[C@H](NC(=S)Nc1ccc(C)cc1)c1ccc(OC)cc1. The van der Waals surface area contributed by atoms with E-state index in [1.165, 1.54) is 11.1 Å². The van der Waals surface area contributed by atoms with E-state index in [0.29, 0.717) is 5.11 Å². The Kier molecular flexibility index (Phi) is 5.78. The zero-order chi connectivity index (χ0) is 15.9. The molecule has 0 saturated carbocycles. The molecule has 1 atom stereocenters. The minimum atomic E-state index is 0.177. The Hall–Kier alpha value is -2.07. The van der Waals surface area contributed by atoms with Crippen LogP contribution in [0.15, 0.2) is 48.5 Å². The van der Waals surface area contributed by atoms with E-state index in [2.05, 4.69) is 48.7 Å². The topological polar surface area (TPSA) is 33.3 Å². The quantitative estimate of drug-likeness (QED) is 0.799. The van der Waals surface area contributed by atoms with Gasteiger partial charge in [-0.2, -0.15) is 0 Å². The summed E-state index contributed by atoms with van der Waals surface area (Å²) in [5, 5.41) is 7.22. The Morgan fingerprint density at radius 3 is 2.27 bits per heavy atom. The van der Waals surface area contributed by atoms with Crippen LogP contribution < -0.4 is 15.4 Å². The first-order valence-electron chi connectivity index (χ1n) is 7.40. The Morgan fingerprint density at radius 2 is 1.73 bits per heavy atom. The van der Waals surface area contributed by atoms with Gasteiger partial charge in [0.05, 0.1) is 13.2 Å². The highest BCUT2D eigenvalue weighted by atomic mass is 32.1. The highest BCUT2D eigenvalue weighted by Gasteiger charge is 2.10. The van der Waals surface area contributed by atoms with Crippen molar-refractivity contribution in [3.8, 4) is 5.75 Å². The number of methoxy groups -OCH3 is 1. The third-order valence-corrected chi connectivity index (χ3v) is 3.76. The van der Waals surface area contributed by atoms with Gasteiger partial charge in [-0.05, 0) is 55.4 Å². The first-order valence-corrected chi connectivity index (χ1v) is 7.81. The molecule has 2 aromatic carbocycles. The highest BCUT2D eigenvalue weighted by molar-refractivity contribution is 7.80. The summed E-state index contributed by atoms with van der Waals surface area (Å²) in [5.74, 6) is 0.860. The fourth-order valence-electron chi connectivity index (χ4n) is 2.22. The fraction of sp³-hybridized carbons (Fsp3) is 0.278. The molecule has 3 nitrogen and oxygen atoms in total. The van der Waals surface area contributed by atoms with Crippen LogP contribution >= 0.6 is 12.2 Å². The molecule has 0 aliphatic rings. The summed E-state index contributed by atoms with van der Waals surface area (Å²) in [7, 11) is 1.67. The summed E-state index contributed by atoms with van der Waals surface area (Å²) in [4.78, 5) is 0. The van der Waals surface area contributed by atoms with E-state index in [0.717, 1.165) is 17.9 Å². The molecule has 0 saturated heterocycles. The number of nitrogens with one attached hydrogen (secondary N) is 2. The predicted molar refractivity (Wildman–Crippen MR) is 96.6 cm³/mol. The van der Waals surface area contributed by atoms with Crippen LogP contribution in [0, 0.1) is 6.92 Å². The Labute approximate surface area is 137 Å². The van der Waals surface area contributed by atoms with Crippen molar-refractivity contribution in [1.82, 2.24) is 5.32 Å². The molecule has 0 spiro atoms. The van der Waals surface area contributed by atoms with E-state index in [-0.39, 0.29) is 6.04 Å². The number of rotatable bonds is 5. The van der Waals surface area contributed by atoms with Crippen molar-refractivity contribution in [3.05, 3.63) is 59.7 Å². The van der Waals surface area contributed by atoms with E-state index in [1.807, 2.05) is 24.3 Å². The number of ether oxygens (including phenoxy) is 1. The average molecular weight is 314 g/mol. The van der Waals surface area contributed by atoms with Gasteiger partial charge in [-0.25, -0.2) is 0 Å². The van der Waals surface area contributed by atoms with E-state index >= 15 is 0 Å². The van der Waals surface area contributed by atoms with Gasteiger partial charge in [0.15, 0.2) is 5.11 Å². The largest absolute Gasteiger partial charge is 0.497 e. The third-order valence-electron chi connectivity index (χ3n) is 3.54. The maximum atomic E-state index is 5.41. The van der Waals surface area contributed by atoms with Gasteiger partial charge in [0.2, 0.25) is 0 Å². The summed E-state index contributed by atoms with van der Waals surface area (Å²) < 4.78 is 5.19. The molecular weight excluding hydrogens is 292 g/mol. The van der Waals surface area contributed by atoms with E-state index in [4.69, 9.17) is 17.0 Å². The minimum Gasteiger partial charge on any atom is -0.497 e. The van der Waals surface area contributed by atoms with Crippen molar-refractivity contribution >= 4 is 23.0 Å². The molecule has 0 aliphatic heterocycles. The molecule has 0 radical (unpaired) electrons. The van der Waals surface area contributed by atoms with Crippen LogP contribution in [-0.2, 0) is 0 Å². The second-order valence-corrected chi connectivity index (χ2v) is 5.61. The number of hydrogen-bond donors (Lipinski definition) is 2. The zero-order valence-corrected chi connectivity index (χ0v) is 14.0. The molecule has 0 aliphatic carbocycles. The Morgan fingerprint density at radius 1 is 1.09 bits per heavy atom. The van der Waals surface area contributed by atoms with Crippen molar-refractivity contribution in [1.29, 1.82) is 0 Å². The van der Waals surface area contributed by atoms with Gasteiger partial charge in [0.25, 0.3) is 0 Å². The monoisotopic (exact) mass is 314 g/mol. The van der Waals surface area contributed by atoms with Crippen LogP contribution in [0.5, 0.6) is 5.75 Å². The van der Waals surface area contributed by atoms with Crippen LogP contribution in [0.3, 0.4) is 0 Å². The van der Waals surface area contributed by atoms with Crippen molar-refractivity contribution in [2.75, 3.05) is 12.4 Å².